The van der Waals surface area contributed by atoms with E-state index < -0.39 is 0 Å². The van der Waals surface area contributed by atoms with Crippen LogP contribution in [0.3, 0.4) is 0 Å². The molecule has 7 heteroatoms. The summed E-state index contributed by atoms with van der Waals surface area (Å²) in [6.07, 6.45) is 6.12. The molecule has 1 aliphatic heterocycles. The monoisotopic (exact) mass is 366 g/mol. The number of nitrogens with zero attached hydrogens (tertiary/aromatic N) is 3. The molecule has 1 N–H and O–H groups in total. The Labute approximate surface area is 156 Å². The van der Waals surface area contributed by atoms with Gasteiger partial charge in [-0.05, 0) is 45.1 Å². The van der Waals surface area contributed by atoms with Gasteiger partial charge in [-0.1, -0.05) is 17.3 Å². The average Bonchev–Trinajstić information content (AvgIpc) is 3.39. The number of nitrogens with one attached hydrogen (secondary N) is 1. The highest BCUT2D eigenvalue weighted by atomic mass is 16.5. The fourth-order valence-corrected chi connectivity index (χ4v) is 4.28. The number of furan rings is 1. The van der Waals surface area contributed by atoms with Crippen LogP contribution in [-0.4, -0.2) is 27.6 Å². The van der Waals surface area contributed by atoms with Crippen molar-refractivity contribution in [2.45, 2.75) is 51.5 Å². The second-order valence-corrected chi connectivity index (χ2v) is 7.35. The van der Waals surface area contributed by atoms with E-state index in [2.05, 4.69) is 21.5 Å². The van der Waals surface area contributed by atoms with E-state index >= 15 is 0 Å². The number of rotatable bonds is 2. The number of aromatic nitrogens is 2. The maximum absolute atomic E-state index is 13.0. The first kappa shape index (κ1) is 16.4. The number of aryl methyl sites for hydroxylation is 3. The summed E-state index contributed by atoms with van der Waals surface area (Å²) in [4.78, 5) is 19.1. The third-order valence-corrected chi connectivity index (χ3v) is 5.57. The average molecular weight is 366 g/mol. The molecule has 1 saturated heterocycles. The summed E-state index contributed by atoms with van der Waals surface area (Å²) >= 11 is 0. The van der Waals surface area contributed by atoms with Crippen LogP contribution in [0, 0.1) is 6.92 Å². The lowest BCUT2D eigenvalue weighted by molar-refractivity contribution is 0.193. The van der Waals surface area contributed by atoms with Gasteiger partial charge >= 0.3 is 6.03 Å². The lowest BCUT2D eigenvalue weighted by Crippen LogP contribution is -2.34. The second kappa shape index (κ2) is 6.40. The zero-order chi connectivity index (χ0) is 18.4. The van der Waals surface area contributed by atoms with Crippen molar-refractivity contribution >= 4 is 22.7 Å². The van der Waals surface area contributed by atoms with Crippen LogP contribution >= 0.6 is 0 Å². The van der Waals surface area contributed by atoms with Crippen molar-refractivity contribution < 1.29 is 13.7 Å². The van der Waals surface area contributed by atoms with Gasteiger partial charge in [0.15, 0.2) is 11.4 Å². The molecule has 2 aliphatic rings. The van der Waals surface area contributed by atoms with Crippen molar-refractivity contribution in [2.75, 3.05) is 11.9 Å². The molecule has 1 fully saturated rings. The molecule has 0 bridgehead atoms. The molecule has 27 heavy (non-hydrogen) atoms. The van der Waals surface area contributed by atoms with Crippen LogP contribution in [0.4, 0.5) is 10.5 Å². The van der Waals surface area contributed by atoms with Gasteiger partial charge in [0, 0.05) is 23.9 Å². The van der Waals surface area contributed by atoms with Crippen molar-refractivity contribution in [3.8, 4) is 0 Å². The summed E-state index contributed by atoms with van der Waals surface area (Å²) in [5, 5.41) is 8.02. The Kier molecular flexibility index (Phi) is 3.88. The van der Waals surface area contributed by atoms with Crippen molar-refractivity contribution in [2.24, 2.45) is 0 Å². The zero-order valence-electron chi connectivity index (χ0n) is 15.3. The summed E-state index contributed by atoms with van der Waals surface area (Å²) in [5.41, 5.74) is 2.80. The molecule has 2 aromatic heterocycles. The first-order chi connectivity index (χ1) is 13.2. The molecule has 7 nitrogen and oxygen atoms in total. The van der Waals surface area contributed by atoms with Gasteiger partial charge in [-0.15, -0.1) is 0 Å². The molecule has 1 aromatic carbocycles. The summed E-state index contributed by atoms with van der Waals surface area (Å²) in [6.45, 7) is 2.45. The SMILES string of the molecule is Cc1noc(C2CCCN2C(=O)Nc2cccc3c4c(oc23)CCCC4)n1. The Morgan fingerprint density at radius 2 is 2.15 bits per heavy atom. The first-order valence-corrected chi connectivity index (χ1v) is 9.62. The van der Waals surface area contributed by atoms with Crippen LogP contribution in [0.15, 0.2) is 27.1 Å². The lowest BCUT2D eigenvalue weighted by Gasteiger charge is -2.22. The van der Waals surface area contributed by atoms with Crippen LogP contribution in [0.1, 0.15) is 54.8 Å². The molecule has 5 rings (SSSR count). The normalized spacial score (nSPS) is 19.4. The highest BCUT2D eigenvalue weighted by Gasteiger charge is 2.34. The van der Waals surface area contributed by atoms with Crippen LogP contribution in [0.2, 0.25) is 0 Å². The summed E-state index contributed by atoms with van der Waals surface area (Å²) in [7, 11) is 0. The molecule has 1 atom stereocenters. The number of hydrogen-bond donors (Lipinski definition) is 1. The molecule has 0 radical (unpaired) electrons. The van der Waals surface area contributed by atoms with Crippen molar-refractivity contribution in [3.05, 3.63) is 41.2 Å². The second-order valence-electron chi connectivity index (χ2n) is 7.35. The number of para-hydroxylation sites is 1. The number of anilines is 1. The smallest absolute Gasteiger partial charge is 0.322 e. The van der Waals surface area contributed by atoms with E-state index in [9.17, 15) is 4.79 Å². The van der Waals surface area contributed by atoms with Gasteiger partial charge in [0.1, 0.15) is 11.8 Å². The number of hydrogen-bond acceptors (Lipinski definition) is 5. The fraction of sp³-hybridized carbons (Fsp3) is 0.450. The molecular formula is C20H22N4O3. The van der Waals surface area contributed by atoms with E-state index in [0.717, 1.165) is 54.5 Å². The lowest BCUT2D eigenvalue weighted by atomic mass is 9.96. The largest absolute Gasteiger partial charge is 0.459 e. The molecule has 1 aliphatic carbocycles. The highest BCUT2D eigenvalue weighted by molar-refractivity contribution is 6.00. The third-order valence-electron chi connectivity index (χ3n) is 5.57. The quantitative estimate of drug-likeness (QED) is 0.728. The van der Waals surface area contributed by atoms with Gasteiger partial charge in [-0.2, -0.15) is 4.98 Å². The third kappa shape index (κ3) is 2.78. The van der Waals surface area contributed by atoms with Crippen LogP contribution in [0.5, 0.6) is 0 Å². The molecular weight excluding hydrogens is 344 g/mol. The highest BCUT2D eigenvalue weighted by Crippen LogP contribution is 2.36. The molecule has 3 aromatic rings. The number of amides is 2. The van der Waals surface area contributed by atoms with E-state index in [1.54, 1.807) is 11.8 Å². The van der Waals surface area contributed by atoms with Crippen LogP contribution in [0.25, 0.3) is 11.0 Å². The maximum Gasteiger partial charge on any atom is 0.322 e. The molecule has 2 amide bonds. The Hall–Kier alpha value is -2.83. The van der Waals surface area contributed by atoms with Gasteiger partial charge < -0.3 is 19.2 Å². The molecule has 0 spiro atoms. The predicted molar refractivity (Wildman–Crippen MR) is 99.6 cm³/mol. The molecule has 0 saturated carbocycles. The van der Waals surface area contributed by atoms with E-state index in [1.165, 1.54) is 12.0 Å². The Bertz CT molecular complexity index is 1010. The molecule has 3 heterocycles. The summed E-state index contributed by atoms with van der Waals surface area (Å²) in [6, 6.07) is 5.63. The van der Waals surface area contributed by atoms with E-state index in [1.807, 2.05) is 12.1 Å². The Balaban J connectivity index is 1.43. The molecule has 140 valence electrons. The summed E-state index contributed by atoms with van der Waals surface area (Å²) < 4.78 is 11.4. The fourth-order valence-electron chi connectivity index (χ4n) is 4.28. The number of fused-ring (bicyclic) bond motifs is 3. The molecule has 1 unspecified atom stereocenters. The number of urea groups is 1. The van der Waals surface area contributed by atoms with Crippen molar-refractivity contribution in [3.63, 3.8) is 0 Å². The number of carbonyl (C=O) groups is 1. The first-order valence-electron chi connectivity index (χ1n) is 9.62. The minimum atomic E-state index is -0.171. The minimum Gasteiger partial charge on any atom is -0.459 e. The van der Waals surface area contributed by atoms with E-state index in [0.29, 0.717) is 18.3 Å². The van der Waals surface area contributed by atoms with Gasteiger partial charge in [-0.25, -0.2) is 4.79 Å². The number of carbonyl (C=O) groups excluding carboxylic acids is 1. The Morgan fingerprint density at radius 3 is 3.00 bits per heavy atom. The minimum absolute atomic E-state index is 0.157. The van der Waals surface area contributed by atoms with Gasteiger partial charge in [0.25, 0.3) is 0 Å². The number of likely N-dealkylation sites (tertiary alicyclic amines) is 1. The maximum atomic E-state index is 13.0. The zero-order valence-corrected chi connectivity index (χ0v) is 15.3. The van der Waals surface area contributed by atoms with Crippen molar-refractivity contribution in [1.82, 2.24) is 15.0 Å². The van der Waals surface area contributed by atoms with Crippen molar-refractivity contribution in [1.29, 1.82) is 0 Å². The van der Waals surface area contributed by atoms with Gasteiger partial charge in [0.2, 0.25) is 5.89 Å². The van der Waals surface area contributed by atoms with E-state index in [-0.39, 0.29) is 12.1 Å². The summed E-state index contributed by atoms with van der Waals surface area (Å²) in [5.74, 6) is 2.16. The van der Waals surface area contributed by atoms with Crippen LogP contribution < -0.4 is 5.32 Å². The standard InChI is InChI=1S/C20H22N4O3/c1-12-21-19(27-23-12)16-9-5-11-24(16)20(25)22-15-8-4-7-14-13-6-2-3-10-17(13)26-18(14)15/h4,7-8,16H,2-3,5-6,9-11H2,1H3,(H,22,25). The topological polar surface area (TPSA) is 84.4 Å². The Morgan fingerprint density at radius 1 is 1.26 bits per heavy atom. The van der Waals surface area contributed by atoms with Crippen LogP contribution in [-0.2, 0) is 12.8 Å². The van der Waals surface area contributed by atoms with E-state index in [4.69, 9.17) is 8.94 Å². The van der Waals surface area contributed by atoms with Gasteiger partial charge in [0.05, 0.1) is 5.69 Å². The van der Waals surface area contributed by atoms with Gasteiger partial charge in [-0.3, -0.25) is 0 Å². The predicted octanol–water partition coefficient (Wildman–Crippen LogP) is 4.37. The number of benzene rings is 1.